The van der Waals surface area contributed by atoms with E-state index in [0.717, 1.165) is 5.39 Å². The van der Waals surface area contributed by atoms with Crippen molar-refractivity contribution in [2.75, 3.05) is 0 Å². The van der Waals surface area contributed by atoms with E-state index in [1.54, 1.807) is 30.3 Å². The monoisotopic (exact) mass is 210 g/mol. The molecule has 0 amide bonds. The highest BCUT2D eigenvalue weighted by atomic mass is 35.5. The summed E-state index contributed by atoms with van der Waals surface area (Å²) in [6.45, 7) is 0. The van der Waals surface area contributed by atoms with Crippen LogP contribution in [0.3, 0.4) is 0 Å². The molecular weight excluding hydrogens is 204 g/mol. The fraction of sp³-hybridized carbons (Fsp3) is 0. The Morgan fingerprint density at radius 2 is 1.64 bits per heavy atom. The summed E-state index contributed by atoms with van der Waals surface area (Å²) in [7, 11) is -2.49. The van der Waals surface area contributed by atoms with E-state index in [2.05, 4.69) is 0 Å². The molecule has 0 fully saturated rings. The molecule has 0 aromatic heterocycles. The number of benzene rings is 2. The Morgan fingerprint density at radius 1 is 1.00 bits per heavy atom. The first kappa shape index (κ1) is 9.47. The molecule has 0 bridgehead atoms. The van der Waals surface area contributed by atoms with Gasteiger partial charge in [0.05, 0.1) is 0 Å². The second-order valence-electron chi connectivity index (χ2n) is 2.99. The van der Waals surface area contributed by atoms with Crippen molar-refractivity contribution in [2.45, 2.75) is 0 Å². The van der Waals surface area contributed by atoms with Crippen molar-refractivity contribution in [3.05, 3.63) is 41.4 Å². The van der Waals surface area contributed by atoms with E-state index in [9.17, 15) is 8.63 Å². The molecule has 4 heteroatoms. The summed E-state index contributed by atoms with van der Waals surface area (Å²) in [5, 5.41) is 1.57. The van der Waals surface area contributed by atoms with Crippen LogP contribution in [0.1, 0.15) is 0 Å². The van der Waals surface area contributed by atoms with Crippen LogP contribution in [-0.4, -0.2) is 7.27 Å². The zero-order valence-electron chi connectivity index (χ0n) is 7.18. The number of hydrogen-bond acceptors (Lipinski definition) is 0. The molecule has 0 radical (unpaired) electrons. The Morgan fingerprint density at radius 3 is 2.29 bits per heavy atom. The van der Waals surface area contributed by atoms with E-state index in [4.69, 9.17) is 11.6 Å². The third kappa shape index (κ3) is 1.48. The molecule has 0 aliphatic carbocycles. The van der Waals surface area contributed by atoms with Crippen LogP contribution in [0.15, 0.2) is 36.4 Å². The molecule has 70 valence electrons. The van der Waals surface area contributed by atoms with Crippen molar-refractivity contribution >= 4 is 35.1 Å². The highest BCUT2D eigenvalue weighted by Crippen LogP contribution is 2.22. The van der Waals surface area contributed by atoms with Crippen LogP contribution in [0.5, 0.6) is 0 Å². The first-order valence-electron chi connectivity index (χ1n) is 4.15. The predicted molar refractivity (Wildman–Crippen MR) is 56.6 cm³/mol. The molecule has 2 aromatic carbocycles. The van der Waals surface area contributed by atoms with Gasteiger partial charge in [-0.15, -0.1) is 0 Å². The van der Waals surface area contributed by atoms with Crippen LogP contribution in [0.25, 0.3) is 10.8 Å². The fourth-order valence-electron chi connectivity index (χ4n) is 1.50. The molecule has 0 unspecified atom stereocenters. The summed E-state index contributed by atoms with van der Waals surface area (Å²) in [5.41, 5.74) is -0.00639. The summed E-state index contributed by atoms with van der Waals surface area (Å²) < 4.78 is 25.2. The SMILES string of the molecule is FB(F)c1cccc2cccc(Cl)c12. The lowest BCUT2D eigenvalue weighted by Crippen LogP contribution is -2.21. The molecule has 0 spiro atoms. The number of rotatable bonds is 1. The van der Waals surface area contributed by atoms with Gasteiger partial charge >= 0.3 is 7.27 Å². The topological polar surface area (TPSA) is 0 Å². The molecule has 2 rings (SSSR count). The van der Waals surface area contributed by atoms with E-state index in [0.29, 0.717) is 10.4 Å². The van der Waals surface area contributed by atoms with Crippen molar-refractivity contribution in [3.8, 4) is 0 Å². The lowest BCUT2D eigenvalue weighted by atomic mass is 9.82. The third-order valence-corrected chi connectivity index (χ3v) is 2.44. The van der Waals surface area contributed by atoms with Gasteiger partial charge in [0.1, 0.15) is 0 Å². The zero-order chi connectivity index (χ0) is 10.1. The highest BCUT2D eigenvalue weighted by molar-refractivity contribution is 6.64. The molecule has 0 N–H and O–H groups in total. The molecule has 14 heavy (non-hydrogen) atoms. The van der Waals surface area contributed by atoms with Crippen molar-refractivity contribution in [1.29, 1.82) is 0 Å². The van der Waals surface area contributed by atoms with Gasteiger partial charge in [0.2, 0.25) is 0 Å². The van der Waals surface area contributed by atoms with E-state index in [-0.39, 0.29) is 5.46 Å². The smallest absolute Gasteiger partial charge is 0.281 e. The molecular formula is C10H6BClF2. The summed E-state index contributed by atoms with van der Waals surface area (Å²) in [5.74, 6) is 0. The molecule has 0 atom stereocenters. The highest BCUT2D eigenvalue weighted by Gasteiger charge is 2.19. The minimum atomic E-state index is -2.49. The Labute approximate surface area is 85.7 Å². The predicted octanol–water partition coefficient (Wildman–Crippen LogP) is 3.13. The van der Waals surface area contributed by atoms with E-state index in [1.807, 2.05) is 0 Å². The Balaban J connectivity index is 2.84. The summed E-state index contributed by atoms with van der Waals surface area (Å²) >= 11 is 5.87. The van der Waals surface area contributed by atoms with Crippen LogP contribution in [-0.2, 0) is 0 Å². The maximum absolute atomic E-state index is 12.6. The molecule has 0 aliphatic heterocycles. The van der Waals surface area contributed by atoms with E-state index < -0.39 is 7.27 Å². The lowest BCUT2D eigenvalue weighted by molar-refractivity contribution is 0.685. The van der Waals surface area contributed by atoms with Gasteiger partial charge in [-0.2, -0.15) is 0 Å². The first-order chi connectivity index (χ1) is 6.70. The van der Waals surface area contributed by atoms with Crippen LogP contribution < -0.4 is 5.46 Å². The van der Waals surface area contributed by atoms with Gasteiger partial charge in [0.15, 0.2) is 0 Å². The fourth-order valence-corrected chi connectivity index (χ4v) is 1.80. The van der Waals surface area contributed by atoms with Crippen LogP contribution in [0.2, 0.25) is 5.02 Å². The number of halogens is 3. The van der Waals surface area contributed by atoms with Gasteiger partial charge in [-0.1, -0.05) is 41.9 Å². The van der Waals surface area contributed by atoms with Gasteiger partial charge in [-0.3, -0.25) is 8.63 Å². The average Bonchev–Trinajstić information content (AvgIpc) is 2.17. The molecule has 0 saturated heterocycles. The van der Waals surface area contributed by atoms with Crippen LogP contribution >= 0.6 is 11.6 Å². The maximum atomic E-state index is 12.6. The minimum Gasteiger partial charge on any atom is -0.281 e. The van der Waals surface area contributed by atoms with Crippen LogP contribution in [0.4, 0.5) is 8.63 Å². The van der Waals surface area contributed by atoms with Crippen molar-refractivity contribution in [1.82, 2.24) is 0 Å². The normalized spacial score (nSPS) is 10.5. The van der Waals surface area contributed by atoms with Gasteiger partial charge in [0, 0.05) is 15.9 Å². The quantitative estimate of drug-likeness (QED) is 0.634. The lowest BCUT2D eigenvalue weighted by Gasteiger charge is -2.04. The molecule has 2 aromatic rings. The second-order valence-corrected chi connectivity index (χ2v) is 3.39. The molecule has 0 heterocycles. The standard InChI is InChI=1S/C10H6BClF2/c12-9-6-2-4-7-3-1-5-8(10(7)9)11(13)14/h1-6H. The van der Waals surface area contributed by atoms with Crippen molar-refractivity contribution in [3.63, 3.8) is 0 Å². The zero-order valence-corrected chi connectivity index (χ0v) is 7.93. The molecule has 0 saturated carbocycles. The summed E-state index contributed by atoms with van der Waals surface area (Å²) in [6, 6.07) is 9.93. The van der Waals surface area contributed by atoms with E-state index in [1.165, 1.54) is 6.07 Å². The van der Waals surface area contributed by atoms with Crippen LogP contribution in [0, 0.1) is 0 Å². The second kappa shape index (κ2) is 3.58. The van der Waals surface area contributed by atoms with E-state index >= 15 is 0 Å². The number of hydrogen-bond donors (Lipinski definition) is 0. The van der Waals surface area contributed by atoms with Crippen molar-refractivity contribution < 1.29 is 8.63 Å². The van der Waals surface area contributed by atoms with Gasteiger partial charge in [-0.25, -0.2) is 0 Å². The van der Waals surface area contributed by atoms with Gasteiger partial charge in [0.25, 0.3) is 0 Å². The largest absolute Gasteiger partial charge is 0.572 e. The summed E-state index contributed by atoms with van der Waals surface area (Å²) in [6.07, 6.45) is 0. The average molecular weight is 210 g/mol. The minimum absolute atomic E-state index is 0.00639. The number of fused-ring (bicyclic) bond motifs is 1. The van der Waals surface area contributed by atoms with Crippen molar-refractivity contribution in [2.24, 2.45) is 0 Å². The molecule has 0 nitrogen and oxygen atoms in total. The Kier molecular flexibility index (Phi) is 2.42. The van der Waals surface area contributed by atoms with Gasteiger partial charge < -0.3 is 0 Å². The molecule has 0 aliphatic rings. The Hall–Kier alpha value is -1.09. The Bertz CT molecular complexity index is 465. The third-order valence-electron chi connectivity index (χ3n) is 2.12. The first-order valence-corrected chi connectivity index (χ1v) is 4.53. The van der Waals surface area contributed by atoms with Gasteiger partial charge in [-0.05, 0) is 11.5 Å². The summed E-state index contributed by atoms with van der Waals surface area (Å²) in [4.78, 5) is 0. The maximum Gasteiger partial charge on any atom is 0.572 e.